The molecule has 154 valence electrons. The third-order valence-electron chi connectivity index (χ3n) is 5.61. The summed E-state index contributed by atoms with van der Waals surface area (Å²) in [5.74, 6) is 2.95. The normalized spacial score (nSPS) is 11.5. The first-order valence-electron chi connectivity index (χ1n) is 9.47. The lowest BCUT2D eigenvalue weighted by molar-refractivity contribution is 0.327. The highest BCUT2D eigenvalue weighted by Crippen LogP contribution is 2.53. The molecule has 3 aromatic carbocycles. The van der Waals surface area contributed by atoms with Gasteiger partial charge in [0, 0.05) is 17.0 Å². The summed E-state index contributed by atoms with van der Waals surface area (Å²) >= 11 is 0. The molecule has 0 aliphatic heterocycles. The van der Waals surface area contributed by atoms with E-state index in [1.165, 1.54) is 0 Å². The Morgan fingerprint density at radius 1 is 0.567 bits per heavy atom. The van der Waals surface area contributed by atoms with Gasteiger partial charge in [-0.05, 0) is 6.07 Å². The van der Waals surface area contributed by atoms with Crippen molar-refractivity contribution in [2.45, 2.75) is 0 Å². The Labute approximate surface area is 172 Å². The van der Waals surface area contributed by atoms with Crippen LogP contribution in [0.2, 0.25) is 0 Å². The summed E-state index contributed by atoms with van der Waals surface area (Å²) in [6.07, 6.45) is 0. The maximum Gasteiger partial charge on any atom is 0.204 e. The Morgan fingerprint density at radius 2 is 1.13 bits per heavy atom. The van der Waals surface area contributed by atoms with E-state index in [1.807, 2.05) is 24.3 Å². The molecule has 30 heavy (non-hydrogen) atoms. The Kier molecular flexibility index (Phi) is 4.06. The Balaban J connectivity index is 2.11. The van der Waals surface area contributed by atoms with Crippen LogP contribution in [-0.4, -0.2) is 45.5 Å². The standard InChI is InChI=1S/C23H22N2O5/c1-26-14-10-13-16(22(29-4)20(14)27-2)17-19(25-13)18-15(21(28-3)23(17)30-5)11-8-6-7-9-12(11)24-18/h6-10,24-25H,1-5H3. The number of para-hydroxylation sites is 1. The molecule has 2 aromatic heterocycles. The smallest absolute Gasteiger partial charge is 0.204 e. The van der Waals surface area contributed by atoms with Crippen molar-refractivity contribution in [1.29, 1.82) is 0 Å². The predicted molar refractivity (Wildman–Crippen MR) is 118 cm³/mol. The van der Waals surface area contributed by atoms with Crippen molar-refractivity contribution in [3.05, 3.63) is 30.3 Å². The van der Waals surface area contributed by atoms with E-state index in [9.17, 15) is 0 Å². The van der Waals surface area contributed by atoms with E-state index < -0.39 is 0 Å². The summed E-state index contributed by atoms with van der Waals surface area (Å²) in [6.45, 7) is 0. The topological polar surface area (TPSA) is 77.7 Å². The SMILES string of the molecule is COc1cc2[nH]c3c4[nH]c5ccccc5c4c(OC)c(OC)c3c2c(OC)c1OC. The fourth-order valence-corrected chi connectivity index (χ4v) is 4.42. The van der Waals surface area contributed by atoms with Crippen molar-refractivity contribution in [1.82, 2.24) is 9.97 Å². The lowest BCUT2D eigenvalue weighted by Crippen LogP contribution is -1.96. The minimum atomic E-state index is 0.520. The van der Waals surface area contributed by atoms with Gasteiger partial charge in [0.05, 0.1) is 68.3 Å². The molecule has 0 aliphatic carbocycles. The Morgan fingerprint density at radius 3 is 1.80 bits per heavy atom. The van der Waals surface area contributed by atoms with E-state index in [0.29, 0.717) is 28.7 Å². The number of methoxy groups -OCH3 is 5. The van der Waals surface area contributed by atoms with Crippen LogP contribution in [0.25, 0.3) is 43.6 Å². The molecule has 0 fully saturated rings. The highest BCUT2D eigenvalue weighted by Gasteiger charge is 2.27. The van der Waals surface area contributed by atoms with Gasteiger partial charge in [0.15, 0.2) is 23.0 Å². The van der Waals surface area contributed by atoms with Crippen molar-refractivity contribution in [3.63, 3.8) is 0 Å². The molecule has 0 radical (unpaired) electrons. The van der Waals surface area contributed by atoms with Gasteiger partial charge in [-0.15, -0.1) is 0 Å². The van der Waals surface area contributed by atoms with Gasteiger partial charge >= 0.3 is 0 Å². The maximum atomic E-state index is 5.89. The minimum Gasteiger partial charge on any atom is -0.493 e. The number of hydrogen-bond acceptors (Lipinski definition) is 5. The summed E-state index contributed by atoms with van der Waals surface area (Å²) in [5, 5.41) is 3.70. The van der Waals surface area contributed by atoms with Crippen LogP contribution in [0, 0.1) is 0 Å². The number of rotatable bonds is 5. The first-order chi connectivity index (χ1) is 14.7. The Hall–Kier alpha value is -3.74. The lowest BCUT2D eigenvalue weighted by Gasteiger charge is -2.15. The van der Waals surface area contributed by atoms with Crippen LogP contribution < -0.4 is 23.7 Å². The second kappa shape index (κ2) is 6.66. The zero-order valence-corrected chi connectivity index (χ0v) is 17.4. The number of aromatic amines is 2. The summed E-state index contributed by atoms with van der Waals surface area (Å²) in [4.78, 5) is 7.06. The van der Waals surface area contributed by atoms with Gasteiger partial charge in [0.1, 0.15) is 0 Å². The van der Waals surface area contributed by atoms with Crippen LogP contribution >= 0.6 is 0 Å². The monoisotopic (exact) mass is 406 g/mol. The molecule has 7 nitrogen and oxygen atoms in total. The van der Waals surface area contributed by atoms with Gasteiger partial charge in [0.25, 0.3) is 0 Å². The minimum absolute atomic E-state index is 0.520. The summed E-state index contributed by atoms with van der Waals surface area (Å²) in [5.41, 5.74) is 3.68. The number of ether oxygens (including phenoxy) is 5. The van der Waals surface area contributed by atoms with Crippen LogP contribution in [0.3, 0.4) is 0 Å². The summed E-state index contributed by atoms with van der Waals surface area (Å²) in [6, 6.07) is 10.0. The molecule has 0 spiro atoms. The molecule has 0 amide bonds. The number of aromatic nitrogens is 2. The summed E-state index contributed by atoms with van der Waals surface area (Å²) in [7, 11) is 8.10. The average molecular weight is 406 g/mol. The zero-order valence-electron chi connectivity index (χ0n) is 17.4. The second-order valence-electron chi connectivity index (χ2n) is 6.93. The molecule has 5 rings (SSSR count). The largest absolute Gasteiger partial charge is 0.493 e. The first kappa shape index (κ1) is 18.3. The average Bonchev–Trinajstić information content (AvgIpc) is 3.35. The quantitative estimate of drug-likeness (QED) is 0.430. The van der Waals surface area contributed by atoms with Gasteiger partial charge in [-0.1, -0.05) is 18.2 Å². The van der Waals surface area contributed by atoms with Gasteiger partial charge in [-0.3, -0.25) is 0 Å². The number of fused-ring (bicyclic) bond motifs is 7. The molecule has 0 atom stereocenters. The zero-order chi connectivity index (χ0) is 21.0. The fraction of sp³-hybridized carbons (Fsp3) is 0.217. The van der Waals surface area contributed by atoms with Crippen molar-refractivity contribution < 1.29 is 23.7 Å². The van der Waals surface area contributed by atoms with E-state index in [1.54, 1.807) is 35.5 Å². The molecule has 0 saturated heterocycles. The number of H-pyrrole nitrogens is 2. The van der Waals surface area contributed by atoms with Gasteiger partial charge < -0.3 is 33.7 Å². The third-order valence-corrected chi connectivity index (χ3v) is 5.61. The van der Waals surface area contributed by atoms with E-state index in [2.05, 4.69) is 16.0 Å². The van der Waals surface area contributed by atoms with E-state index >= 15 is 0 Å². The molecular formula is C23H22N2O5. The maximum absolute atomic E-state index is 5.89. The van der Waals surface area contributed by atoms with E-state index in [4.69, 9.17) is 23.7 Å². The highest BCUT2D eigenvalue weighted by molar-refractivity contribution is 6.27. The molecule has 5 aromatic rings. The van der Waals surface area contributed by atoms with Gasteiger partial charge in [0.2, 0.25) is 5.75 Å². The molecule has 2 N–H and O–H groups in total. The fourth-order valence-electron chi connectivity index (χ4n) is 4.42. The number of benzene rings is 3. The molecule has 0 saturated carbocycles. The second-order valence-corrected chi connectivity index (χ2v) is 6.93. The van der Waals surface area contributed by atoms with Crippen molar-refractivity contribution in [2.24, 2.45) is 0 Å². The molecule has 0 aliphatic rings. The van der Waals surface area contributed by atoms with Crippen LogP contribution in [0.1, 0.15) is 0 Å². The molecule has 7 heteroatoms. The molecule has 0 unspecified atom stereocenters. The lowest BCUT2D eigenvalue weighted by atomic mass is 10.0. The first-order valence-corrected chi connectivity index (χ1v) is 9.47. The van der Waals surface area contributed by atoms with E-state index in [-0.39, 0.29) is 0 Å². The number of hydrogen-bond donors (Lipinski definition) is 2. The van der Waals surface area contributed by atoms with Crippen LogP contribution in [-0.2, 0) is 0 Å². The molecule has 2 heterocycles. The molecular weight excluding hydrogens is 384 g/mol. The number of nitrogens with one attached hydrogen (secondary N) is 2. The van der Waals surface area contributed by atoms with Crippen LogP contribution in [0.15, 0.2) is 30.3 Å². The van der Waals surface area contributed by atoms with E-state index in [0.717, 1.165) is 43.6 Å². The third kappa shape index (κ3) is 2.20. The van der Waals surface area contributed by atoms with Gasteiger partial charge in [-0.2, -0.15) is 0 Å². The van der Waals surface area contributed by atoms with Crippen molar-refractivity contribution in [3.8, 4) is 28.7 Å². The van der Waals surface area contributed by atoms with Crippen molar-refractivity contribution in [2.75, 3.05) is 35.5 Å². The summed E-state index contributed by atoms with van der Waals surface area (Å²) < 4.78 is 28.7. The van der Waals surface area contributed by atoms with Crippen LogP contribution in [0.5, 0.6) is 28.7 Å². The Bertz CT molecular complexity index is 1430. The van der Waals surface area contributed by atoms with Crippen molar-refractivity contribution >= 4 is 43.6 Å². The molecule has 0 bridgehead atoms. The predicted octanol–water partition coefficient (Wildman–Crippen LogP) is 5.00. The van der Waals surface area contributed by atoms with Gasteiger partial charge in [-0.25, -0.2) is 0 Å². The highest BCUT2D eigenvalue weighted by atomic mass is 16.5. The van der Waals surface area contributed by atoms with Crippen LogP contribution in [0.4, 0.5) is 0 Å².